The van der Waals surface area contributed by atoms with Gasteiger partial charge in [0.15, 0.2) is 0 Å². The number of unbranched alkanes of at least 4 members (excludes halogenated alkanes) is 1. The lowest BCUT2D eigenvalue weighted by atomic mass is 10.0. The van der Waals surface area contributed by atoms with E-state index in [4.69, 9.17) is 4.74 Å². The highest BCUT2D eigenvalue weighted by Crippen LogP contribution is 2.21. The Morgan fingerprint density at radius 1 is 1.47 bits per heavy atom. The van der Waals surface area contributed by atoms with Crippen LogP contribution in [0.4, 0.5) is 0 Å². The molecule has 0 amide bonds. The maximum Gasteiger partial charge on any atom is 0.126 e. The average Bonchev–Trinajstić information content (AvgIpc) is 2.29. The number of carbonyl (C=O) groups excluding carboxylic acids is 1. The minimum atomic E-state index is 0.620. The van der Waals surface area contributed by atoms with E-state index in [0.717, 1.165) is 30.4 Å². The van der Waals surface area contributed by atoms with E-state index in [1.807, 2.05) is 12.1 Å². The van der Waals surface area contributed by atoms with Gasteiger partial charge in [0.2, 0.25) is 0 Å². The average molecular weight is 204 g/mol. The predicted octanol–water partition coefficient (Wildman–Crippen LogP) is 2.86. The molecule has 0 saturated carbocycles. The van der Waals surface area contributed by atoms with Crippen molar-refractivity contribution < 1.29 is 9.53 Å². The van der Waals surface area contributed by atoms with Crippen molar-refractivity contribution in [3.8, 4) is 5.75 Å². The highest BCUT2D eigenvalue weighted by molar-refractivity contribution is 5.57. The first-order chi connectivity index (χ1) is 7.31. The lowest BCUT2D eigenvalue weighted by Gasteiger charge is -2.07. The molecule has 80 valence electrons. The molecule has 1 rings (SSSR count). The van der Waals surface area contributed by atoms with E-state index in [-0.39, 0.29) is 0 Å². The van der Waals surface area contributed by atoms with Crippen molar-refractivity contribution in [2.45, 2.75) is 19.3 Å². The lowest BCUT2D eigenvalue weighted by Crippen LogP contribution is -1.91. The molecule has 0 spiro atoms. The van der Waals surface area contributed by atoms with Crippen LogP contribution in [0.1, 0.15) is 24.0 Å². The number of hydrogen-bond donors (Lipinski definition) is 0. The topological polar surface area (TPSA) is 26.3 Å². The molecular weight excluding hydrogens is 188 g/mol. The van der Waals surface area contributed by atoms with Crippen LogP contribution in [0.2, 0.25) is 0 Å². The number of rotatable bonds is 6. The summed E-state index contributed by atoms with van der Waals surface area (Å²) in [4.78, 5) is 10.2. The number of aldehydes is 1. The normalized spacial score (nSPS) is 9.67. The van der Waals surface area contributed by atoms with Crippen LogP contribution in [-0.2, 0) is 11.2 Å². The van der Waals surface area contributed by atoms with Gasteiger partial charge in [0.1, 0.15) is 12.0 Å². The second-order valence-electron chi connectivity index (χ2n) is 3.34. The molecule has 0 unspecified atom stereocenters. The van der Waals surface area contributed by atoms with E-state index >= 15 is 0 Å². The summed E-state index contributed by atoms with van der Waals surface area (Å²) in [6, 6.07) is 6.01. The third-order valence-corrected chi connectivity index (χ3v) is 2.30. The van der Waals surface area contributed by atoms with E-state index in [2.05, 4.69) is 12.6 Å². The molecule has 1 aromatic carbocycles. The van der Waals surface area contributed by atoms with Gasteiger partial charge in [0.25, 0.3) is 0 Å². The van der Waals surface area contributed by atoms with Crippen LogP contribution in [0.5, 0.6) is 5.75 Å². The molecule has 1 aromatic rings. The van der Waals surface area contributed by atoms with Gasteiger partial charge in [-0.3, -0.25) is 0 Å². The SMILES string of the molecule is C=Cc1cc(CCCC=O)ccc1OC. The molecule has 0 radical (unpaired) electrons. The number of hydrogen-bond acceptors (Lipinski definition) is 2. The van der Waals surface area contributed by atoms with Crippen molar-refractivity contribution >= 4 is 12.4 Å². The summed E-state index contributed by atoms with van der Waals surface area (Å²) in [6.45, 7) is 3.74. The van der Waals surface area contributed by atoms with Gasteiger partial charge in [-0.15, -0.1) is 0 Å². The standard InChI is InChI=1S/C13H16O2/c1-3-12-10-11(6-4-5-9-14)7-8-13(12)15-2/h3,7-10H,1,4-6H2,2H3. The van der Waals surface area contributed by atoms with Gasteiger partial charge >= 0.3 is 0 Å². The van der Waals surface area contributed by atoms with Crippen molar-refractivity contribution in [1.82, 2.24) is 0 Å². The van der Waals surface area contributed by atoms with Gasteiger partial charge < -0.3 is 9.53 Å². The van der Waals surface area contributed by atoms with Crippen LogP contribution < -0.4 is 4.74 Å². The minimum Gasteiger partial charge on any atom is -0.496 e. The molecule has 0 aliphatic heterocycles. The molecule has 0 fully saturated rings. The van der Waals surface area contributed by atoms with Gasteiger partial charge in [-0.05, 0) is 30.5 Å². The highest BCUT2D eigenvalue weighted by atomic mass is 16.5. The quantitative estimate of drug-likeness (QED) is 0.526. The summed E-state index contributed by atoms with van der Waals surface area (Å²) >= 11 is 0. The van der Waals surface area contributed by atoms with E-state index in [9.17, 15) is 4.79 Å². The smallest absolute Gasteiger partial charge is 0.126 e. The molecule has 0 bridgehead atoms. The summed E-state index contributed by atoms with van der Waals surface area (Å²) in [5.74, 6) is 0.837. The molecule has 15 heavy (non-hydrogen) atoms. The maximum atomic E-state index is 10.2. The maximum absolute atomic E-state index is 10.2. The Morgan fingerprint density at radius 2 is 2.27 bits per heavy atom. The van der Waals surface area contributed by atoms with E-state index < -0.39 is 0 Å². The monoisotopic (exact) mass is 204 g/mol. The Kier molecular flexibility index (Phi) is 4.61. The molecule has 0 aromatic heterocycles. The molecular formula is C13H16O2. The fraction of sp³-hybridized carbons (Fsp3) is 0.308. The largest absolute Gasteiger partial charge is 0.496 e. The van der Waals surface area contributed by atoms with Crippen molar-refractivity contribution in [2.75, 3.05) is 7.11 Å². The number of carbonyl (C=O) groups is 1. The van der Waals surface area contributed by atoms with E-state index in [1.165, 1.54) is 5.56 Å². The first-order valence-corrected chi connectivity index (χ1v) is 5.04. The van der Waals surface area contributed by atoms with Crippen LogP contribution in [0.25, 0.3) is 6.08 Å². The number of methoxy groups -OCH3 is 1. The zero-order valence-corrected chi connectivity index (χ0v) is 9.03. The number of aryl methyl sites for hydroxylation is 1. The summed E-state index contributed by atoms with van der Waals surface area (Å²) in [6.07, 6.45) is 5.17. The van der Waals surface area contributed by atoms with Crippen LogP contribution in [0, 0.1) is 0 Å². The Balaban J connectivity index is 2.74. The fourth-order valence-corrected chi connectivity index (χ4v) is 1.49. The summed E-state index contributed by atoms with van der Waals surface area (Å²) in [7, 11) is 1.65. The molecule has 0 aliphatic rings. The Bertz CT molecular complexity index is 342. The van der Waals surface area contributed by atoms with Crippen LogP contribution in [0.15, 0.2) is 24.8 Å². The third-order valence-electron chi connectivity index (χ3n) is 2.30. The van der Waals surface area contributed by atoms with Crippen molar-refractivity contribution in [1.29, 1.82) is 0 Å². The van der Waals surface area contributed by atoms with Gasteiger partial charge in [-0.2, -0.15) is 0 Å². The number of ether oxygens (including phenoxy) is 1. The van der Waals surface area contributed by atoms with E-state index in [1.54, 1.807) is 13.2 Å². The molecule has 0 heterocycles. The number of benzene rings is 1. The molecule has 0 saturated heterocycles. The Hall–Kier alpha value is -1.57. The van der Waals surface area contributed by atoms with Crippen molar-refractivity contribution in [3.05, 3.63) is 35.9 Å². The molecule has 2 nitrogen and oxygen atoms in total. The Labute approximate surface area is 90.6 Å². The van der Waals surface area contributed by atoms with Crippen LogP contribution in [0.3, 0.4) is 0 Å². The first kappa shape index (κ1) is 11.5. The minimum absolute atomic E-state index is 0.620. The Morgan fingerprint density at radius 3 is 2.87 bits per heavy atom. The molecule has 2 heteroatoms. The van der Waals surface area contributed by atoms with Crippen molar-refractivity contribution in [3.63, 3.8) is 0 Å². The molecule has 0 N–H and O–H groups in total. The third kappa shape index (κ3) is 3.24. The van der Waals surface area contributed by atoms with Crippen LogP contribution in [-0.4, -0.2) is 13.4 Å². The second kappa shape index (κ2) is 6.02. The summed E-state index contributed by atoms with van der Waals surface area (Å²) < 4.78 is 5.19. The van der Waals surface area contributed by atoms with Gasteiger partial charge in [-0.25, -0.2) is 0 Å². The lowest BCUT2D eigenvalue weighted by molar-refractivity contribution is -0.107. The van der Waals surface area contributed by atoms with Gasteiger partial charge in [-0.1, -0.05) is 18.7 Å². The summed E-state index contributed by atoms with van der Waals surface area (Å²) in [5.41, 5.74) is 2.22. The highest BCUT2D eigenvalue weighted by Gasteiger charge is 2.00. The van der Waals surface area contributed by atoms with Crippen LogP contribution >= 0.6 is 0 Å². The zero-order chi connectivity index (χ0) is 11.1. The first-order valence-electron chi connectivity index (χ1n) is 5.04. The zero-order valence-electron chi connectivity index (χ0n) is 9.03. The van der Waals surface area contributed by atoms with Gasteiger partial charge in [0, 0.05) is 12.0 Å². The fourth-order valence-electron chi connectivity index (χ4n) is 1.49. The second-order valence-corrected chi connectivity index (χ2v) is 3.34. The van der Waals surface area contributed by atoms with E-state index in [0.29, 0.717) is 6.42 Å². The summed E-state index contributed by atoms with van der Waals surface area (Å²) in [5, 5.41) is 0. The molecule has 0 aliphatic carbocycles. The predicted molar refractivity (Wildman–Crippen MR) is 62.1 cm³/mol. The van der Waals surface area contributed by atoms with Gasteiger partial charge in [0.05, 0.1) is 7.11 Å². The molecule has 0 atom stereocenters. The van der Waals surface area contributed by atoms with Crippen molar-refractivity contribution in [2.24, 2.45) is 0 Å².